The van der Waals surface area contributed by atoms with E-state index in [2.05, 4.69) is 0 Å². The van der Waals surface area contributed by atoms with Gasteiger partial charge in [-0.2, -0.15) is 0 Å². The molecule has 0 aromatic heterocycles. The van der Waals surface area contributed by atoms with Crippen LogP contribution in [-0.4, -0.2) is 24.3 Å². The van der Waals surface area contributed by atoms with Crippen molar-refractivity contribution in [3.8, 4) is 0 Å². The predicted octanol–water partition coefficient (Wildman–Crippen LogP) is 3.74. The van der Waals surface area contributed by atoms with E-state index in [9.17, 15) is 14.7 Å². The number of methoxy groups -OCH3 is 1. The Morgan fingerprint density at radius 1 is 1.08 bits per heavy atom. The molecule has 1 amide bonds. The number of hydrogen-bond donors (Lipinski definition) is 1. The molecule has 3 rings (SSSR count). The van der Waals surface area contributed by atoms with E-state index in [1.165, 1.54) is 12.0 Å². The molecule has 0 bridgehead atoms. The maximum atomic E-state index is 11.9. The summed E-state index contributed by atoms with van der Waals surface area (Å²) in [4.78, 5) is 25.3. The van der Waals surface area contributed by atoms with Crippen LogP contribution >= 0.6 is 0 Å². The maximum absolute atomic E-state index is 11.9. The van der Waals surface area contributed by atoms with Gasteiger partial charge >= 0.3 is 12.1 Å². The third kappa shape index (κ3) is 2.76. The average molecular weight is 323 g/mol. The number of aliphatic carboxylic acids is 1. The van der Waals surface area contributed by atoms with Crippen molar-refractivity contribution in [1.29, 1.82) is 0 Å². The van der Waals surface area contributed by atoms with E-state index in [0.29, 0.717) is 5.69 Å². The number of para-hydroxylation sites is 1. The van der Waals surface area contributed by atoms with E-state index in [0.717, 1.165) is 11.1 Å². The van der Waals surface area contributed by atoms with Crippen LogP contribution in [-0.2, 0) is 9.53 Å². The van der Waals surface area contributed by atoms with Gasteiger partial charge in [-0.1, -0.05) is 54.6 Å². The number of carboxylic acid groups (broad SMARTS) is 1. The van der Waals surface area contributed by atoms with Gasteiger partial charge in [0.05, 0.1) is 18.7 Å². The Kier molecular flexibility index (Phi) is 4.33. The number of allylic oxidation sites excluding steroid dienone is 1. The van der Waals surface area contributed by atoms with Crippen LogP contribution in [0.4, 0.5) is 10.5 Å². The summed E-state index contributed by atoms with van der Waals surface area (Å²) < 4.78 is 4.79. The van der Waals surface area contributed by atoms with Gasteiger partial charge in [-0.25, -0.2) is 4.79 Å². The summed E-state index contributed by atoms with van der Waals surface area (Å²) >= 11 is 0. The molecule has 1 aliphatic heterocycles. The quantitative estimate of drug-likeness (QED) is 0.934. The fraction of sp³-hybridized carbons (Fsp3) is 0.158. The number of ether oxygens (including phenoxy) is 1. The smallest absolute Gasteiger partial charge is 0.418 e. The van der Waals surface area contributed by atoms with Crippen LogP contribution in [0.25, 0.3) is 0 Å². The lowest BCUT2D eigenvalue weighted by molar-refractivity contribution is -0.139. The number of anilines is 1. The van der Waals surface area contributed by atoms with Gasteiger partial charge in [0, 0.05) is 12.1 Å². The van der Waals surface area contributed by atoms with Crippen molar-refractivity contribution in [3.05, 3.63) is 78.0 Å². The van der Waals surface area contributed by atoms with Crippen LogP contribution in [0.1, 0.15) is 23.0 Å². The van der Waals surface area contributed by atoms with Gasteiger partial charge in [0.25, 0.3) is 0 Å². The number of carboxylic acids is 1. The van der Waals surface area contributed by atoms with Crippen LogP contribution in [0.3, 0.4) is 0 Å². The van der Waals surface area contributed by atoms with E-state index >= 15 is 0 Å². The molecule has 0 spiro atoms. The second-order valence-corrected chi connectivity index (χ2v) is 5.49. The molecule has 5 nitrogen and oxygen atoms in total. The summed E-state index contributed by atoms with van der Waals surface area (Å²) in [5.74, 6) is -2.01. The second-order valence-electron chi connectivity index (χ2n) is 5.49. The Morgan fingerprint density at radius 3 is 2.42 bits per heavy atom. The molecule has 0 saturated heterocycles. The molecule has 1 heterocycles. The van der Waals surface area contributed by atoms with Crippen LogP contribution < -0.4 is 4.90 Å². The van der Waals surface area contributed by atoms with E-state index < -0.39 is 18.0 Å². The molecule has 0 radical (unpaired) electrons. The number of fused-ring (bicyclic) bond motifs is 1. The highest BCUT2D eigenvalue weighted by atomic mass is 16.5. The summed E-state index contributed by atoms with van der Waals surface area (Å²) in [6.45, 7) is 0. The normalized spacial score (nSPS) is 17.0. The van der Waals surface area contributed by atoms with Gasteiger partial charge < -0.3 is 9.84 Å². The number of hydrogen-bond acceptors (Lipinski definition) is 3. The molecule has 2 atom stereocenters. The molecule has 122 valence electrons. The minimum atomic E-state index is -0.905. The first kappa shape index (κ1) is 15.8. The third-order valence-corrected chi connectivity index (χ3v) is 4.15. The Hall–Kier alpha value is -3.08. The van der Waals surface area contributed by atoms with Gasteiger partial charge in [-0.05, 0) is 17.2 Å². The lowest BCUT2D eigenvalue weighted by Gasteiger charge is -2.31. The standard InChI is InChI=1S/C19H17NO4/c1-24-19(23)20-12-11-15(14-9-5-6-10-16(14)20)17(18(21)22)13-7-3-2-4-8-13/h2-12,15,17H,1H3,(H,21,22). The van der Waals surface area contributed by atoms with Crippen molar-refractivity contribution in [2.45, 2.75) is 11.8 Å². The maximum Gasteiger partial charge on any atom is 0.418 e. The SMILES string of the molecule is COC(=O)N1C=CC(C(C(=O)O)c2ccccc2)c2ccccc21. The Balaban J connectivity index is 2.08. The minimum absolute atomic E-state index is 0.373. The highest BCUT2D eigenvalue weighted by Crippen LogP contribution is 2.42. The number of benzene rings is 2. The van der Waals surface area contributed by atoms with Crippen LogP contribution in [0.5, 0.6) is 0 Å². The van der Waals surface area contributed by atoms with Crippen molar-refractivity contribution in [2.75, 3.05) is 12.0 Å². The predicted molar refractivity (Wildman–Crippen MR) is 90.0 cm³/mol. The van der Waals surface area contributed by atoms with Gasteiger partial charge in [-0.15, -0.1) is 0 Å². The zero-order chi connectivity index (χ0) is 17.1. The van der Waals surface area contributed by atoms with Crippen LogP contribution in [0.2, 0.25) is 0 Å². The monoisotopic (exact) mass is 323 g/mol. The third-order valence-electron chi connectivity index (χ3n) is 4.15. The fourth-order valence-electron chi connectivity index (χ4n) is 3.06. The minimum Gasteiger partial charge on any atom is -0.481 e. The van der Waals surface area contributed by atoms with Gasteiger partial charge in [0.2, 0.25) is 0 Å². The van der Waals surface area contributed by atoms with Gasteiger partial charge in [0.15, 0.2) is 0 Å². The first-order valence-corrected chi connectivity index (χ1v) is 7.55. The number of amides is 1. The molecule has 0 aliphatic carbocycles. The second kappa shape index (κ2) is 6.58. The topological polar surface area (TPSA) is 66.8 Å². The molecule has 0 saturated carbocycles. The molecule has 1 aliphatic rings. The first-order chi connectivity index (χ1) is 11.6. The Morgan fingerprint density at radius 2 is 1.75 bits per heavy atom. The largest absolute Gasteiger partial charge is 0.481 e. The molecular weight excluding hydrogens is 306 g/mol. The Labute approximate surface area is 139 Å². The van der Waals surface area contributed by atoms with E-state index in [1.807, 2.05) is 48.5 Å². The van der Waals surface area contributed by atoms with Gasteiger partial charge in [-0.3, -0.25) is 9.69 Å². The van der Waals surface area contributed by atoms with Crippen molar-refractivity contribution in [1.82, 2.24) is 0 Å². The van der Waals surface area contributed by atoms with Crippen molar-refractivity contribution in [2.24, 2.45) is 0 Å². The average Bonchev–Trinajstić information content (AvgIpc) is 2.62. The van der Waals surface area contributed by atoms with Crippen molar-refractivity contribution in [3.63, 3.8) is 0 Å². The fourth-order valence-corrected chi connectivity index (χ4v) is 3.06. The van der Waals surface area contributed by atoms with Crippen LogP contribution in [0, 0.1) is 0 Å². The molecule has 1 N–H and O–H groups in total. The Bertz CT molecular complexity index is 785. The van der Waals surface area contributed by atoms with E-state index in [-0.39, 0.29) is 5.92 Å². The summed E-state index contributed by atoms with van der Waals surface area (Å²) in [7, 11) is 1.31. The van der Waals surface area contributed by atoms with Gasteiger partial charge in [0.1, 0.15) is 0 Å². The lowest BCUT2D eigenvalue weighted by atomic mass is 9.79. The molecular formula is C19H17NO4. The van der Waals surface area contributed by atoms with E-state index in [1.54, 1.807) is 18.3 Å². The first-order valence-electron chi connectivity index (χ1n) is 7.55. The summed E-state index contributed by atoms with van der Waals surface area (Å²) in [5, 5.41) is 9.79. The summed E-state index contributed by atoms with van der Waals surface area (Å²) in [5.41, 5.74) is 2.14. The molecule has 5 heteroatoms. The highest BCUT2D eigenvalue weighted by Gasteiger charge is 2.34. The molecule has 2 unspecified atom stereocenters. The zero-order valence-corrected chi connectivity index (χ0v) is 13.1. The number of nitrogens with zero attached hydrogens (tertiary/aromatic N) is 1. The number of carbonyl (C=O) groups is 2. The summed E-state index contributed by atoms with van der Waals surface area (Å²) in [6, 6.07) is 16.4. The highest BCUT2D eigenvalue weighted by molar-refractivity contribution is 5.92. The molecule has 24 heavy (non-hydrogen) atoms. The zero-order valence-electron chi connectivity index (χ0n) is 13.1. The molecule has 2 aromatic carbocycles. The lowest BCUT2D eigenvalue weighted by Crippen LogP contribution is -2.31. The van der Waals surface area contributed by atoms with E-state index in [4.69, 9.17) is 4.74 Å². The van der Waals surface area contributed by atoms with Crippen molar-refractivity contribution < 1.29 is 19.4 Å². The number of rotatable bonds is 3. The van der Waals surface area contributed by atoms with Crippen molar-refractivity contribution >= 4 is 17.7 Å². The molecule has 2 aromatic rings. The number of carbonyl (C=O) groups excluding carboxylic acids is 1. The summed E-state index contributed by atoms with van der Waals surface area (Å²) in [6.07, 6.45) is 2.81. The molecule has 0 fully saturated rings. The van der Waals surface area contributed by atoms with Crippen LogP contribution in [0.15, 0.2) is 66.9 Å².